The second kappa shape index (κ2) is 7.77. The van der Waals surface area contributed by atoms with Crippen molar-refractivity contribution in [2.75, 3.05) is 11.9 Å². The second-order valence-electron chi connectivity index (χ2n) is 8.48. The predicted octanol–water partition coefficient (Wildman–Crippen LogP) is 4.11. The number of aromatic nitrogens is 7. The van der Waals surface area contributed by atoms with Crippen molar-refractivity contribution in [2.45, 2.75) is 25.7 Å². The van der Waals surface area contributed by atoms with Crippen molar-refractivity contribution < 1.29 is 4.79 Å². The molecule has 0 unspecified atom stereocenters. The third-order valence-electron chi connectivity index (χ3n) is 6.41. The summed E-state index contributed by atoms with van der Waals surface area (Å²) in [5.41, 5.74) is 5.60. The highest BCUT2D eigenvalue weighted by molar-refractivity contribution is 5.96. The van der Waals surface area contributed by atoms with E-state index in [-0.39, 0.29) is 11.8 Å². The van der Waals surface area contributed by atoms with Crippen LogP contribution in [-0.2, 0) is 4.79 Å². The minimum absolute atomic E-state index is 0.115. The van der Waals surface area contributed by atoms with Gasteiger partial charge in [-0.2, -0.15) is 5.10 Å². The quantitative estimate of drug-likeness (QED) is 0.436. The lowest BCUT2D eigenvalue weighted by Gasteiger charge is -2.21. The Morgan fingerprint density at radius 1 is 1.06 bits per heavy atom. The highest BCUT2D eigenvalue weighted by Gasteiger charge is 2.26. The minimum atomic E-state index is 0.115. The molecule has 1 aliphatic carbocycles. The molecule has 0 atom stereocenters. The molecule has 6 rings (SSSR count). The first-order valence-corrected chi connectivity index (χ1v) is 11.0. The third kappa shape index (κ3) is 3.42. The van der Waals surface area contributed by atoms with Gasteiger partial charge in [-0.25, -0.2) is 9.97 Å². The Balaban J connectivity index is 1.37. The molecule has 2 N–H and O–H groups in total. The van der Waals surface area contributed by atoms with Gasteiger partial charge in [0.15, 0.2) is 11.5 Å². The van der Waals surface area contributed by atoms with Crippen molar-refractivity contribution >= 4 is 33.7 Å². The summed E-state index contributed by atoms with van der Waals surface area (Å²) in [6, 6.07) is 5.86. The van der Waals surface area contributed by atoms with Gasteiger partial charge < -0.3 is 9.88 Å². The zero-order valence-corrected chi connectivity index (χ0v) is 18.1. The molecule has 0 saturated heterocycles. The first-order valence-electron chi connectivity index (χ1n) is 11.0. The van der Waals surface area contributed by atoms with Crippen molar-refractivity contribution in [1.82, 2.24) is 35.1 Å². The Kier molecular flexibility index (Phi) is 4.60. The van der Waals surface area contributed by atoms with E-state index in [9.17, 15) is 4.79 Å². The van der Waals surface area contributed by atoms with Gasteiger partial charge >= 0.3 is 0 Å². The van der Waals surface area contributed by atoms with Crippen LogP contribution in [0.25, 0.3) is 44.7 Å². The van der Waals surface area contributed by atoms with Crippen LogP contribution in [0.2, 0.25) is 0 Å². The second-order valence-corrected chi connectivity index (χ2v) is 8.48. The number of aromatic amines is 2. The van der Waals surface area contributed by atoms with Gasteiger partial charge in [0.05, 0.1) is 34.5 Å². The number of amides is 1. The van der Waals surface area contributed by atoms with Crippen molar-refractivity contribution in [1.29, 1.82) is 0 Å². The summed E-state index contributed by atoms with van der Waals surface area (Å²) in [6.07, 6.45) is 12.9. The lowest BCUT2D eigenvalue weighted by Crippen LogP contribution is -2.31. The van der Waals surface area contributed by atoms with Crippen molar-refractivity contribution in [2.24, 2.45) is 5.92 Å². The monoisotopic (exact) mass is 438 g/mol. The predicted molar refractivity (Wildman–Crippen MR) is 125 cm³/mol. The summed E-state index contributed by atoms with van der Waals surface area (Å²) in [5, 5.41) is 8.23. The maximum Gasteiger partial charge on any atom is 0.229 e. The number of nitrogens with one attached hydrogen (secondary N) is 2. The van der Waals surface area contributed by atoms with Gasteiger partial charge in [-0.05, 0) is 31.0 Å². The summed E-state index contributed by atoms with van der Waals surface area (Å²) in [7, 11) is 1.83. The average Bonchev–Trinajstić information content (AvgIpc) is 3.61. The van der Waals surface area contributed by atoms with Gasteiger partial charge in [0, 0.05) is 42.7 Å². The van der Waals surface area contributed by atoms with Crippen LogP contribution >= 0.6 is 0 Å². The largest absolute Gasteiger partial charge is 0.335 e. The standard InChI is InChI=1S/C24H22N8O/c1-32(24(33)14-4-2-3-5-14)17-8-15(10-26-12-17)16-9-18-21(30-31-22(18)27-11-16)23-28-19-6-7-25-13-20(19)29-23/h6-14H,2-5H2,1H3,(H,28,29)(H,27,30,31). The highest BCUT2D eigenvalue weighted by Crippen LogP contribution is 2.31. The molecule has 5 aromatic rings. The van der Waals surface area contributed by atoms with Crippen LogP contribution in [0, 0.1) is 5.92 Å². The Morgan fingerprint density at radius 3 is 2.76 bits per heavy atom. The molecular formula is C24H22N8O. The Labute approximate surface area is 189 Å². The summed E-state index contributed by atoms with van der Waals surface area (Å²) >= 11 is 0. The maximum atomic E-state index is 12.9. The van der Waals surface area contributed by atoms with E-state index in [0.717, 1.165) is 64.6 Å². The van der Waals surface area contributed by atoms with E-state index in [1.807, 2.05) is 25.2 Å². The number of hydrogen-bond acceptors (Lipinski definition) is 6. The molecule has 5 aromatic heterocycles. The van der Waals surface area contributed by atoms with Gasteiger partial charge in [-0.3, -0.25) is 19.9 Å². The van der Waals surface area contributed by atoms with Crippen molar-refractivity contribution in [3.8, 4) is 22.6 Å². The van der Waals surface area contributed by atoms with E-state index in [0.29, 0.717) is 11.5 Å². The van der Waals surface area contributed by atoms with Gasteiger partial charge in [0.2, 0.25) is 5.91 Å². The van der Waals surface area contributed by atoms with Crippen LogP contribution in [0.5, 0.6) is 0 Å². The molecule has 1 aliphatic rings. The molecule has 5 heterocycles. The molecule has 0 radical (unpaired) electrons. The number of carbonyl (C=O) groups excluding carboxylic acids is 1. The van der Waals surface area contributed by atoms with E-state index >= 15 is 0 Å². The number of rotatable bonds is 4. The van der Waals surface area contributed by atoms with Crippen molar-refractivity contribution in [3.63, 3.8) is 0 Å². The van der Waals surface area contributed by atoms with Crippen LogP contribution in [0.3, 0.4) is 0 Å². The van der Waals surface area contributed by atoms with E-state index in [1.165, 1.54) is 0 Å². The van der Waals surface area contributed by atoms with Gasteiger partial charge in [0.25, 0.3) is 0 Å². The molecule has 164 valence electrons. The topological polar surface area (TPSA) is 116 Å². The van der Waals surface area contributed by atoms with E-state index in [1.54, 1.807) is 35.9 Å². The Hall–Kier alpha value is -4.14. The lowest BCUT2D eigenvalue weighted by molar-refractivity contribution is -0.121. The molecule has 1 saturated carbocycles. The molecule has 0 bridgehead atoms. The van der Waals surface area contributed by atoms with Gasteiger partial charge in [-0.1, -0.05) is 12.8 Å². The number of H-pyrrole nitrogens is 2. The number of fused-ring (bicyclic) bond motifs is 2. The molecule has 0 aliphatic heterocycles. The Morgan fingerprint density at radius 2 is 1.91 bits per heavy atom. The van der Waals surface area contributed by atoms with Crippen LogP contribution < -0.4 is 4.90 Å². The van der Waals surface area contributed by atoms with E-state index in [4.69, 9.17) is 0 Å². The van der Waals surface area contributed by atoms with E-state index < -0.39 is 0 Å². The average molecular weight is 438 g/mol. The van der Waals surface area contributed by atoms with Crippen LogP contribution in [-0.4, -0.2) is 48.1 Å². The molecule has 0 spiro atoms. The Bertz CT molecular complexity index is 1450. The number of anilines is 1. The summed E-state index contributed by atoms with van der Waals surface area (Å²) in [5.74, 6) is 0.953. The fourth-order valence-electron chi connectivity index (χ4n) is 4.56. The van der Waals surface area contributed by atoms with Crippen molar-refractivity contribution in [3.05, 3.63) is 49.2 Å². The number of carbonyl (C=O) groups is 1. The molecular weight excluding hydrogens is 416 g/mol. The third-order valence-corrected chi connectivity index (χ3v) is 6.41. The fourth-order valence-corrected chi connectivity index (χ4v) is 4.56. The molecule has 33 heavy (non-hydrogen) atoms. The fraction of sp³-hybridized carbons (Fsp3) is 0.250. The summed E-state index contributed by atoms with van der Waals surface area (Å²) < 4.78 is 0. The maximum absolute atomic E-state index is 12.9. The number of imidazole rings is 1. The van der Waals surface area contributed by atoms with Gasteiger partial charge in [-0.15, -0.1) is 0 Å². The van der Waals surface area contributed by atoms with E-state index in [2.05, 4.69) is 35.1 Å². The minimum Gasteiger partial charge on any atom is -0.335 e. The molecule has 1 fully saturated rings. The molecule has 1 amide bonds. The zero-order valence-electron chi connectivity index (χ0n) is 18.1. The lowest BCUT2D eigenvalue weighted by atomic mass is 10.1. The molecule has 9 heteroatoms. The first kappa shape index (κ1) is 19.5. The highest BCUT2D eigenvalue weighted by atomic mass is 16.2. The van der Waals surface area contributed by atoms with Crippen LogP contribution in [0.4, 0.5) is 5.69 Å². The normalized spacial score (nSPS) is 14.3. The summed E-state index contributed by atoms with van der Waals surface area (Å²) in [6.45, 7) is 0. The van der Waals surface area contributed by atoms with Crippen LogP contribution in [0.15, 0.2) is 49.2 Å². The molecule has 0 aromatic carbocycles. The SMILES string of the molecule is CN(C(=O)C1CCCC1)c1cncc(-c2cnc3n[nH]c(-c4nc5ccncc5[nH]4)c3c2)c1. The number of pyridine rings is 3. The zero-order chi connectivity index (χ0) is 22.4. The summed E-state index contributed by atoms with van der Waals surface area (Å²) in [4.78, 5) is 35.6. The molecule has 9 nitrogen and oxygen atoms in total. The first-order chi connectivity index (χ1) is 16.2. The number of nitrogens with zero attached hydrogens (tertiary/aromatic N) is 6. The number of hydrogen-bond donors (Lipinski definition) is 2. The smallest absolute Gasteiger partial charge is 0.229 e. The van der Waals surface area contributed by atoms with Gasteiger partial charge in [0.1, 0.15) is 5.69 Å². The van der Waals surface area contributed by atoms with Crippen LogP contribution in [0.1, 0.15) is 25.7 Å².